The number of amides is 2. The van der Waals surface area contributed by atoms with Gasteiger partial charge in [0.05, 0.1) is 24.8 Å². The minimum absolute atomic E-state index is 0.0851. The van der Waals surface area contributed by atoms with E-state index in [0.717, 1.165) is 11.3 Å². The number of para-hydroxylation sites is 1. The van der Waals surface area contributed by atoms with E-state index in [0.29, 0.717) is 16.7 Å². The molecule has 7 heteroatoms. The molecule has 134 valence electrons. The Morgan fingerprint density at radius 1 is 1.38 bits per heavy atom. The number of fused-ring (bicyclic) bond motifs is 1. The molecule has 0 unspecified atom stereocenters. The highest BCUT2D eigenvalue weighted by molar-refractivity contribution is 9.11. The third-order valence-electron chi connectivity index (χ3n) is 5.35. The Hall–Kier alpha value is -2.41. The number of halogens is 1. The van der Waals surface area contributed by atoms with Crippen LogP contribution in [-0.4, -0.2) is 42.4 Å². The molecule has 0 bridgehead atoms. The van der Waals surface area contributed by atoms with Gasteiger partial charge >= 0.3 is 6.09 Å². The summed E-state index contributed by atoms with van der Waals surface area (Å²) in [6.45, 7) is 4.16. The van der Waals surface area contributed by atoms with Crippen molar-refractivity contribution in [3.05, 3.63) is 52.7 Å². The maximum atomic E-state index is 12.9. The number of hydrogen-bond donors (Lipinski definition) is 0. The van der Waals surface area contributed by atoms with Crippen LogP contribution in [0.2, 0.25) is 0 Å². The maximum absolute atomic E-state index is 12.9. The number of rotatable bonds is 2. The standard InChI is InChI=1S/C19H17BrN2O4/c1-11(20)10-21-15-8-7-14(23)17-19(15,9-16(21)24)12-5-3-4-6-13(12)22(17)18(25)26-2/h3-6,8,17H,1,7,9-10H2,2H3/t17-,19+/m0/s1. The average Bonchev–Trinajstić information content (AvgIpc) is 3.06. The molecule has 0 aromatic heterocycles. The van der Waals surface area contributed by atoms with E-state index in [1.165, 1.54) is 12.0 Å². The van der Waals surface area contributed by atoms with Gasteiger partial charge in [0.15, 0.2) is 5.78 Å². The fourth-order valence-corrected chi connectivity index (χ4v) is 4.76. The molecule has 4 rings (SSSR count). The van der Waals surface area contributed by atoms with E-state index in [1.807, 2.05) is 24.3 Å². The van der Waals surface area contributed by atoms with Gasteiger partial charge < -0.3 is 9.64 Å². The first kappa shape index (κ1) is 17.0. The third-order valence-corrected chi connectivity index (χ3v) is 5.60. The average molecular weight is 417 g/mol. The molecule has 3 aliphatic rings. The van der Waals surface area contributed by atoms with Crippen molar-refractivity contribution in [2.75, 3.05) is 18.6 Å². The number of carbonyl (C=O) groups excluding carboxylic acids is 3. The van der Waals surface area contributed by atoms with E-state index in [-0.39, 0.29) is 24.5 Å². The first-order chi connectivity index (χ1) is 12.4. The lowest BCUT2D eigenvalue weighted by molar-refractivity contribution is -0.126. The first-order valence-electron chi connectivity index (χ1n) is 8.25. The molecule has 2 heterocycles. The van der Waals surface area contributed by atoms with Gasteiger partial charge in [0.1, 0.15) is 6.04 Å². The number of allylic oxidation sites excluding steroid dienone is 1. The zero-order chi connectivity index (χ0) is 18.6. The number of hydrogen-bond acceptors (Lipinski definition) is 4. The number of ketones is 1. The minimum Gasteiger partial charge on any atom is -0.452 e. The number of methoxy groups -OCH3 is 1. The lowest BCUT2D eigenvalue weighted by Crippen LogP contribution is -2.54. The molecule has 1 fully saturated rings. The van der Waals surface area contributed by atoms with Crippen LogP contribution in [0.15, 0.2) is 47.1 Å². The van der Waals surface area contributed by atoms with Crippen molar-refractivity contribution < 1.29 is 19.1 Å². The molecule has 1 aromatic rings. The van der Waals surface area contributed by atoms with E-state index in [4.69, 9.17) is 4.74 Å². The first-order valence-corrected chi connectivity index (χ1v) is 9.04. The summed E-state index contributed by atoms with van der Waals surface area (Å²) in [4.78, 5) is 41.3. The van der Waals surface area contributed by atoms with Crippen LogP contribution in [0.3, 0.4) is 0 Å². The smallest absolute Gasteiger partial charge is 0.414 e. The Labute approximate surface area is 159 Å². The molecule has 1 aromatic carbocycles. The van der Waals surface area contributed by atoms with E-state index in [2.05, 4.69) is 22.5 Å². The number of carbonyl (C=O) groups is 3. The largest absolute Gasteiger partial charge is 0.452 e. The number of nitrogens with zero attached hydrogens (tertiary/aromatic N) is 2. The van der Waals surface area contributed by atoms with Gasteiger partial charge in [-0.25, -0.2) is 4.79 Å². The highest BCUT2D eigenvalue weighted by Crippen LogP contribution is 2.58. The second kappa shape index (κ2) is 5.81. The van der Waals surface area contributed by atoms with Crippen LogP contribution in [-0.2, 0) is 19.7 Å². The number of likely N-dealkylation sites (tertiary alicyclic amines) is 1. The van der Waals surface area contributed by atoms with Crippen molar-refractivity contribution in [3.63, 3.8) is 0 Å². The Morgan fingerprint density at radius 3 is 2.81 bits per heavy atom. The highest BCUT2D eigenvalue weighted by Gasteiger charge is 2.64. The molecule has 26 heavy (non-hydrogen) atoms. The number of anilines is 1. The van der Waals surface area contributed by atoms with Crippen LogP contribution in [0.1, 0.15) is 18.4 Å². The monoisotopic (exact) mass is 416 g/mol. The van der Waals surface area contributed by atoms with Gasteiger partial charge in [0.2, 0.25) is 5.91 Å². The van der Waals surface area contributed by atoms with E-state index < -0.39 is 17.6 Å². The van der Waals surface area contributed by atoms with E-state index in [1.54, 1.807) is 11.0 Å². The molecular formula is C19H17BrN2O4. The highest BCUT2D eigenvalue weighted by atomic mass is 79.9. The van der Waals surface area contributed by atoms with Crippen molar-refractivity contribution in [3.8, 4) is 0 Å². The molecule has 0 saturated carbocycles. The predicted molar refractivity (Wildman–Crippen MR) is 98.9 cm³/mol. The summed E-state index contributed by atoms with van der Waals surface area (Å²) in [5.74, 6) is -0.180. The molecular weight excluding hydrogens is 400 g/mol. The lowest BCUT2D eigenvalue weighted by atomic mass is 9.68. The molecule has 0 radical (unpaired) electrons. The van der Waals surface area contributed by atoms with Crippen molar-refractivity contribution in [2.24, 2.45) is 0 Å². The van der Waals surface area contributed by atoms with Crippen LogP contribution < -0.4 is 4.90 Å². The molecule has 1 spiro atoms. The van der Waals surface area contributed by atoms with Gasteiger partial charge in [-0.2, -0.15) is 0 Å². The number of ether oxygens (including phenoxy) is 1. The Kier molecular flexibility index (Phi) is 3.80. The Balaban J connectivity index is 1.96. The summed E-state index contributed by atoms with van der Waals surface area (Å²) >= 11 is 3.32. The topological polar surface area (TPSA) is 66.9 Å². The van der Waals surface area contributed by atoms with Crippen molar-refractivity contribution >= 4 is 39.4 Å². The van der Waals surface area contributed by atoms with Gasteiger partial charge in [-0.3, -0.25) is 14.5 Å². The van der Waals surface area contributed by atoms with Crippen LogP contribution >= 0.6 is 15.9 Å². The summed E-state index contributed by atoms with van der Waals surface area (Å²) in [6.07, 6.45) is 1.53. The van der Waals surface area contributed by atoms with Crippen LogP contribution in [0.5, 0.6) is 0 Å². The zero-order valence-electron chi connectivity index (χ0n) is 14.2. The van der Waals surface area contributed by atoms with Gasteiger partial charge in [-0.05, 0) is 11.6 Å². The molecule has 6 nitrogen and oxygen atoms in total. The summed E-state index contributed by atoms with van der Waals surface area (Å²) in [5.41, 5.74) is 1.34. The minimum atomic E-state index is -0.861. The molecule has 2 amide bonds. The zero-order valence-corrected chi connectivity index (χ0v) is 15.8. The van der Waals surface area contributed by atoms with Gasteiger partial charge in [0.25, 0.3) is 0 Å². The molecule has 1 aliphatic carbocycles. The van der Waals surface area contributed by atoms with E-state index >= 15 is 0 Å². The number of Topliss-reactive ketones (excluding diaryl/α,β-unsaturated/α-hetero) is 1. The second-order valence-corrected chi connectivity index (χ2v) is 7.79. The Morgan fingerprint density at radius 2 is 2.12 bits per heavy atom. The summed E-state index contributed by atoms with van der Waals surface area (Å²) in [6, 6.07) is 6.58. The molecule has 1 saturated heterocycles. The molecule has 2 aliphatic heterocycles. The fourth-order valence-electron chi connectivity index (χ4n) is 4.50. The SMILES string of the molecule is C=C(Br)CN1C(=O)C[C@@]23C1=CCC(=O)[C@@H]2N(C(=O)OC)c1ccccc13. The summed E-state index contributed by atoms with van der Waals surface area (Å²) in [7, 11) is 1.29. The maximum Gasteiger partial charge on any atom is 0.414 e. The van der Waals surface area contributed by atoms with Crippen LogP contribution in [0.25, 0.3) is 0 Å². The van der Waals surface area contributed by atoms with Gasteiger partial charge in [-0.15, -0.1) is 0 Å². The lowest BCUT2D eigenvalue weighted by Gasteiger charge is -2.38. The fraction of sp³-hybridized carbons (Fsp3) is 0.316. The number of benzene rings is 1. The molecule has 2 atom stereocenters. The van der Waals surface area contributed by atoms with Crippen molar-refractivity contribution in [1.29, 1.82) is 0 Å². The Bertz CT molecular complexity index is 893. The van der Waals surface area contributed by atoms with Gasteiger partial charge in [-0.1, -0.05) is 46.8 Å². The summed E-state index contributed by atoms with van der Waals surface area (Å²) in [5, 5.41) is 0. The molecule has 0 N–H and O–H groups in total. The second-order valence-electron chi connectivity index (χ2n) is 6.66. The van der Waals surface area contributed by atoms with Gasteiger partial charge in [0, 0.05) is 23.0 Å². The summed E-state index contributed by atoms with van der Waals surface area (Å²) < 4.78 is 5.62. The van der Waals surface area contributed by atoms with Crippen molar-refractivity contribution in [2.45, 2.75) is 24.3 Å². The van der Waals surface area contributed by atoms with Crippen LogP contribution in [0.4, 0.5) is 10.5 Å². The quantitative estimate of drug-likeness (QED) is 0.743. The van der Waals surface area contributed by atoms with Crippen LogP contribution in [0, 0.1) is 0 Å². The van der Waals surface area contributed by atoms with Crippen molar-refractivity contribution in [1.82, 2.24) is 4.90 Å². The third kappa shape index (κ3) is 2.06. The normalized spacial score (nSPS) is 26.2. The predicted octanol–water partition coefficient (Wildman–Crippen LogP) is 2.88. The van der Waals surface area contributed by atoms with E-state index in [9.17, 15) is 14.4 Å².